The summed E-state index contributed by atoms with van der Waals surface area (Å²) in [5.41, 5.74) is 2.43. The molecule has 1 heterocycles. The molecule has 0 radical (unpaired) electrons. The highest BCUT2D eigenvalue weighted by molar-refractivity contribution is 6.04. The lowest BCUT2D eigenvalue weighted by Crippen LogP contribution is -2.08. The summed E-state index contributed by atoms with van der Waals surface area (Å²) in [6.07, 6.45) is 0. The first kappa shape index (κ1) is 17.8. The Balaban J connectivity index is 1.71. The summed E-state index contributed by atoms with van der Waals surface area (Å²) >= 11 is 0. The van der Waals surface area contributed by atoms with Crippen LogP contribution in [0.3, 0.4) is 0 Å². The molecule has 0 saturated heterocycles. The quantitative estimate of drug-likeness (QED) is 0.440. The molecule has 0 aliphatic rings. The Morgan fingerprint density at radius 1 is 0.893 bits per heavy atom. The van der Waals surface area contributed by atoms with Crippen molar-refractivity contribution in [3.63, 3.8) is 0 Å². The molecule has 0 spiro atoms. The lowest BCUT2D eigenvalue weighted by molar-refractivity contribution is 0.0471. The van der Waals surface area contributed by atoms with Crippen molar-refractivity contribution >= 4 is 16.9 Å². The fraction of sp³-hybridized carbons (Fsp3) is 0.0435. The molecule has 4 aromatic rings. The molecule has 3 nitrogen and oxygen atoms in total. The second-order valence-corrected chi connectivity index (χ2v) is 6.25. The molecule has 5 heteroatoms. The number of benzene rings is 3. The number of esters is 1. The van der Waals surface area contributed by atoms with Gasteiger partial charge in [0.15, 0.2) is 0 Å². The highest BCUT2D eigenvalue weighted by Crippen LogP contribution is 2.26. The van der Waals surface area contributed by atoms with Gasteiger partial charge in [0.2, 0.25) is 0 Å². The maximum atomic E-state index is 13.8. The Morgan fingerprint density at radius 2 is 1.61 bits per heavy atom. The minimum atomic E-state index is -0.579. The van der Waals surface area contributed by atoms with Crippen molar-refractivity contribution in [2.45, 2.75) is 6.61 Å². The molecule has 4 rings (SSSR count). The molecule has 0 atom stereocenters. The summed E-state index contributed by atoms with van der Waals surface area (Å²) in [7, 11) is 0. The first-order chi connectivity index (χ1) is 13.6. The van der Waals surface area contributed by atoms with E-state index >= 15 is 0 Å². The standard InChI is InChI=1S/C23H15F2NO2/c24-17-11-9-15(10-12-17)22-13-19(18-6-2-4-8-21(18)26-22)23(27)28-14-16-5-1-3-7-20(16)25/h1-13H,14H2. The van der Waals surface area contributed by atoms with Crippen LogP contribution in [0.2, 0.25) is 0 Å². The number of fused-ring (bicyclic) bond motifs is 1. The summed E-state index contributed by atoms with van der Waals surface area (Å²) < 4.78 is 32.4. The van der Waals surface area contributed by atoms with Gasteiger partial charge in [-0.3, -0.25) is 0 Å². The third kappa shape index (κ3) is 3.60. The average Bonchev–Trinajstić information content (AvgIpc) is 2.72. The minimum absolute atomic E-state index is 0.173. The number of para-hydroxylation sites is 1. The Morgan fingerprint density at radius 3 is 2.39 bits per heavy atom. The van der Waals surface area contributed by atoms with Crippen LogP contribution in [0.4, 0.5) is 8.78 Å². The minimum Gasteiger partial charge on any atom is -0.457 e. The van der Waals surface area contributed by atoms with E-state index in [1.807, 2.05) is 6.07 Å². The van der Waals surface area contributed by atoms with E-state index in [1.54, 1.807) is 54.6 Å². The number of hydrogen-bond acceptors (Lipinski definition) is 3. The fourth-order valence-corrected chi connectivity index (χ4v) is 2.95. The molecule has 1 aromatic heterocycles. The zero-order chi connectivity index (χ0) is 19.5. The molecule has 0 unspecified atom stereocenters. The molecule has 0 bridgehead atoms. The zero-order valence-corrected chi connectivity index (χ0v) is 14.7. The van der Waals surface area contributed by atoms with Gasteiger partial charge in [-0.2, -0.15) is 0 Å². The van der Waals surface area contributed by atoms with Crippen LogP contribution in [-0.4, -0.2) is 11.0 Å². The highest BCUT2D eigenvalue weighted by Gasteiger charge is 2.16. The lowest BCUT2D eigenvalue weighted by atomic mass is 10.0. The van der Waals surface area contributed by atoms with E-state index in [-0.39, 0.29) is 12.4 Å². The third-order valence-electron chi connectivity index (χ3n) is 4.39. The summed E-state index contributed by atoms with van der Waals surface area (Å²) in [6.45, 7) is -0.173. The number of pyridine rings is 1. The van der Waals surface area contributed by atoms with E-state index in [0.29, 0.717) is 33.3 Å². The van der Waals surface area contributed by atoms with Crippen molar-refractivity contribution in [1.29, 1.82) is 0 Å². The van der Waals surface area contributed by atoms with Crippen LogP contribution in [0, 0.1) is 11.6 Å². The van der Waals surface area contributed by atoms with Crippen molar-refractivity contribution in [3.8, 4) is 11.3 Å². The van der Waals surface area contributed by atoms with Crippen LogP contribution in [0.5, 0.6) is 0 Å². The number of ether oxygens (including phenoxy) is 1. The number of rotatable bonds is 4. The van der Waals surface area contributed by atoms with Gasteiger partial charge in [-0.1, -0.05) is 36.4 Å². The first-order valence-electron chi connectivity index (χ1n) is 8.68. The van der Waals surface area contributed by atoms with Crippen LogP contribution in [-0.2, 0) is 11.3 Å². The van der Waals surface area contributed by atoms with Crippen LogP contribution >= 0.6 is 0 Å². The third-order valence-corrected chi connectivity index (χ3v) is 4.39. The van der Waals surface area contributed by atoms with E-state index < -0.39 is 11.8 Å². The van der Waals surface area contributed by atoms with Crippen molar-refractivity contribution < 1.29 is 18.3 Å². The van der Waals surface area contributed by atoms with Crippen molar-refractivity contribution in [3.05, 3.63) is 102 Å². The van der Waals surface area contributed by atoms with Crippen LogP contribution in [0.25, 0.3) is 22.2 Å². The predicted octanol–water partition coefficient (Wildman–Crippen LogP) is 5.54. The SMILES string of the molecule is O=C(OCc1ccccc1F)c1cc(-c2ccc(F)cc2)nc2ccccc12. The van der Waals surface area contributed by atoms with Crippen molar-refractivity contribution in [1.82, 2.24) is 4.98 Å². The van der Waals surface area contributed by atoms with Crippen molar-refractivity contribution in [2.75, 3.05) is 0 Å². The van der Waals surface area contributed by atoms with E-state index in [4.69, 9.17) is 4.74 Å². The molecule has 0 fully saturated rings. The number of carbonyl (C=O) groups excluding carboxylic acids is 1. The first-order valence-corrected chi connectivity index (χ1v) is 8.68. The van der Waals surface area contributed by atoms with E-state index in [1.165, 1.54) is 18.2 Å². The monoisotopic (exact) mass is 375 g/mol. The van der Waals surface area contributed by atoms with Gasteiger partial charge in [0, 0.05) is 16.5 Å². The smallest absolute Gasteiger partial charge is 0.339 e. The molecule has 0 aliphatic carbocycles. The molecule has 0 amide bonds. The van der Waals surface area contributed by atoms with Gasteiger partial charge in [-0.05, 0) is 42.5 Å². The highest BCUT2D eigenvalue weighted by atomic mass is 19.1. The normalized spacial score (nSPS) is 10.8. The second kappa shape index (κ2) is 7.56. The fourth-order valence-electron chi connectivity index (χ4n) is 2.95. The van der Waals surface area contributed by atoms with E-state index in [2.05, 4.69) is 4.98 Å². The summed E-state index contributed by atoms with van der Waals surface area (Å²) in [5.74, 6) is -1.36. The van der Waals surface area contributed by atoms with E-state index in [9.17, 15) is 13.6 Å². The Hall–Kier alpha value is -3.60. The lowest BCUT2D eigenvalue weighted by Gasteiger charge is -2.10. The summed E-state index contributed by atoms with van der Waals surface area (Å²) in [4.78, 5) is 17.3. The van der Waals surface area contributed by atoms with Gasteiger partial charge in [-0.25, -0.2) is 18.6 Å². The molecule has 3 aromatic carbocycles. The zero-order valence-electron chi connectivity index (χ0n) is 14.7. The average molecular weight is 375 g/mol. The summed E-state index contributed by atoms with van der Waals surface area (Å²) in [6, 6.07) is 20.8. The number of carbonyl (C=O) groups is 1. The molecule has 0 saturated carbocycles. The van der Waals surface area contributed by atoms with Gasteiger partial charge in [0.05, 0.1) is 16.8 Å². The predicted molar refractivity (Wildman–Crippen MR) is 103 cm³/mol. The van der Waals surface area contributed by atoms with Gasteiger partial charge in [0.1, 0.15) is 18.2 Å². The van der Waals surface area contributed by atoms with E-state index in [0.717, 1.165) is 0 Å². The topological polar surface area (TPSA) is 39.2 Å². The van der Waals surface area contributed by atoms with Gasteiger partial charge in [-0.15, -0.1) is 0 Å². The number of halogens is 2. The van der Waals surface area contributed by atoms with Crippen LogP contribution < -0.4 is 0 Å². The molecular formula is C23H15F2NO2. The Bertz CT molecular complexity index is 1160. The van der Waals surface area contributed by atoms with Crippen LogP contribution in [0.1, 0.15) is 15.9 Å². The van der Waals surface area contributed by atoms with Gasteiger partial charge >= 0.3 is 5.97 Å². The molecular weight excluding hydrogens is 360 g/mol. The van der Waals surface area contributed by atoms with Gasteiger partial charge < -0.3 is 4.74 Å². The Labute approximate surface area is 160 Å². The molecule has 138 valence electrons. The summed E-state index contributed by atoms with van der Waals surface area (Å²) in [5, 5.41) is 0.631. The largest absolute Gasteiger partial charge is 0.457 e. The molecule has 28 heavy (non-hydrogen) atoms. The van der Waals surface area contributed by atoms with Crippen molar-refractivity contribution in [2.24, 2.45) is 0 Å². The Kier molecular flexibility index (Phi) is 4.81. The number of hydrogen-bond donors (Lipinski definition) is 0. The molecule has 0 aliphatic heterocycles. The second-order valence-electron chi connectivity index (χ2n) is 6.25. The maximum absolute atomic E-state index is 13.8. The number of aromatic nitrogens is 1. The number of nitrogens with zero attached hydrogens (tertiary/aromatic N) is 1. The molecule has 0 N–H and O–H groups in total. The van der Waals surface area contributed by atoms with Gasteiger partial charge in [0.25, 0.3) is 0 Å². The van der Waals surface area contributed by atoms with Crippen LogP contribution in [0.15, 0.2) is 78.9 Å². The maximum Gasteiger partial charge on any atom is 0.339 e.